The molecule has 2 heterocycles. The minimum atomic E-state index is -0.473. The first-order valence-electron chi connectivity index (χ1n) is 7.33. The van der Waals surface area contributed by atoms with Crippen LogP contribution in [0.2, 0.25) is 0 Å². The van der Waals surface area contributed by atoms with E-state index in [0.29, 0.717) is 18.7 Å². The second-order valence-electron chi connectivity index (χ2n) is 6.06. The molecule has 5 nitrogen and oxygen atoms in total. The highest BCUT2D eigenvalue weighted by Gasteiger charge is 2.57. The molecule has 0 aliphatic carbocycles. The Hall–Kier alpha value is -1.53. The number of amides is 2. The van der Waals surface area contributed by atoms with Crippen LogP contribution in [0.4, 0.5) is 0 Å². The van der Waals surface area contributed by atoms with E-state index in [0.717, 1.165) is 5.56 Å². The first kappa shape index (κ1) is 15.4. The average molecular weight is 320 g/mol. The minimum Gasteiger partial charge on any atom is -0.383 e. The normalized spacial score (nSPS) is 25.0. The number of hydrogen-bond donors (Lipinski definition) is 1. The van der Waals surface area contributed by atoms with Crippen molar-refractivity contribution in [2.45, 2.75) is 30.0 Å². The monoisotopic (exact) mass is 320 g/mol. The van der Waals surface area contributed by atoms with E-state index >= 15 is 0 Å². The third-order valence-corrected chi connectivity index (χ3v) is 5.69. The molecule has 1 N–H and O–H groups in total. The third kappa shape index (κ3) is 2.30. The molecule has 2 aliphatic rings. The van der Waals surface area contributed by atoms with Crippen molar-refractivity contribution in [1.29, 1.82) is 0 Å². The van der Waals surface area contributed by atoms with Crippen molar-refractivity contribution in [3.8, 4) is 0 Å². The maximum absolute atomic E-state index is 12.7. The van der Waals surface area contributed by atoms with E-state index in [4.69, 9.17) is 4.74 Å². The molecule has 6 heteroatoms. The molecule has 1 aromatic rings. The molecule has 1 aromatic carbocycles. The number of nitrogens with zero attached hydrogens (tertiary/aromatic N) is 1. The molecule has 22 heavy (non-hydrogen) atoms. The standard InChI is InChI=1S/C16H20N2O3S/c1-16(2)12(13(19)17-8-9-21-3)18-14(20)10-6-4-5-7-11(10)15(18)22-16/h4-7,12,15H,8-9H2,1-3H3,(H,17,19)/t12-,15-/m1/s1. The quantitative estimate of drug-likeness (QED) is 0.860. The topological polar surface area (TPSA) is 58.6 Å². The van der Waals surface area contributed by atoms with Crippen molar-refractivity contribution in [1.82, 2.24) is 10.2 Å². The summed E-state index contributed by atoms with van der Waals surface area (Å²) in [6, 6.07) is 7.15. The molecule has 0 aromatic heterocycles. The van der Waals surface area contributed by atoms with E-state index in [1.807, 2.05) is 38.1 Å². The van der Waals surface area contributed by atoms with Crippen LogP contribution in [0.5, 0.6) is 0 Å². The number of carbonyl (C=O) groups excluding carboxylic acids is 2. The number of rotatable bonds is 4. The van der Waals surface area contributed by atoms with Crippen molar-refractivity contribution >= 4 is 23.6 Å². The summed E-state index contributed by atoms with van der Waals surface area (Å²) in [7, 11) is 1.60. The summed E-state index contributed by atoms with van der Waals surface area (Å²) < 4.78 is 4.64. The molecule has 118 valence electrons. The van der Waals surface area contributed by atoms with Gasteiger partial charge in [-0.15, -0.1) is 11.8 Å². The molecule has 0 unspecified atom stereocenters. The summed E-state index contributed by atoms with van der Waals surface area (Å²) in [5.41, 5.74) is 1.72. The van der Waals surface area contributed by atoms with Gasteiger partial charge in [0.2, 0.25) is 5.91 Å². The summed E-state index contributed by atoms with van der Waals surface area (Å²) in [6.07, 6.45) is 0. The van der Waals surface area contributed by atoms with E-state index in [2.05, 4.69) is 5.32 Å². The van der Waals surface area contributed by atoms with Crippen LogP contribution in [-0.2, 0) is 9.53 Å². The lowest BCUT2D eigenvalue weighted by atomic mass is 10.0. The summed E-state index contributed by atoms with van der Waals surface area (Å²) in [4.78, 5) is 27.1. The zero-order chi connectivity index (χ0) is 15.9. The van der Waals surface area contributed by atoms with Crippen LogP contribution in [0.25, 0.3) is 0 Å². The number of carbonyl (C=O) groups is 2. The van der Waals surface area contributed by atoms with E-state index in [1.165, 1.54) is 0 Å². The maximum Gasteiger partial charge on any atom is 0.256 e. The molecule has 2 atom stereocenters. The lowest BCUT2D eigenvalue weighted by Crippen LogP contribution is -2.52. The Morgan fingerprint density at radius 1 is 1.41 bits per heavy atom. The van der Waals surface area contributed by atoms with Gasteiger partial charge in [0.25, 0.3) is 5.91 Å². The summed E-state index contributed by atoms with van der Waals surface area (Å²) in [5.74, 6) is -0.163. The number of ether oxygens (including phenoxy) is 1. The van der Waals surface area contributed by atoms with Crippen molar-refractivity contribution in [3.63, 3.8) is 0 Å². The van der Waals surface area contributed by atoms with Crippen LogP contribution in [0.1, 0.15) is 35.1 Å². The van der Waals surface area contributed by atoms with Gasteiger partial charge in [-0.25, -0.2) is 0 Å². The summed E-state index contributed by atoms with van der Waals surface area (Å²) in [5, 5.41) is 2.80. The highest BCUT2D eigenvalue weighted by molar-refractivity contribution is 8.01. The van der Waals surface area contributed by atoms with E-state index in [9.17, 15) is 9.59 Å². The van der Waals surface area contributed by atoms with Crippen molar-refractivity contribution in [2.75, 3.05) is 20.3 Å². The first-order chi connectivity index (χ1) is 10.5. The lowest BCUT2D eigenvalue weighted by Gasteiger charge is -2.29. The van der Waals surface area contributed by atoms with Gasteiger partial charge in [0.05, 0.1) is 6.61 Å². The van der Waals surface area contributed by atoms with Gasteiger partial charge < -0.3 is 15.0 Å². The lowest BCUT2D eigenvalue weighted by molar-refractivity contribution is -0.126. The number of benzene rings is 1. The molecule has 3 rings (SSSR count). The highest BCUT2D eigenvalue weighted by atomic mass is 32.2. The van der Waals surface area contributed by atoms with Gasteiger partial charge in [-0.05, 0) is 25.5 Å². The molecular weight excluding hydrogens is 300 g/mol. The van der Waals surface area contributed by atoms with Gasteiger partial charge in [-0.3, -0.25) is 9.59 Å². The molecule has 1 fully saturated rings. The van der Waals surface area contributed by atoms with Gasteiger partial charge >= 0.3 is 0 Å². The van der Waals surface area contributed by atoms with Gasteiger partial charge in [0, 0.05) is 24.0 Å². The second kappa shape index (κ2) is 5.59. The highest BCUT2D eigenvalue weighted by Crippen LogP contribution is 2.56. The summed E-state index contributed by atoms with van der Waals surface area (Å²) >= 11 is 1.67. The Balaban J connectivity index is 1.89. The van der Waals surface area contributed by atoms with Crippen molar-refractivity contribution in [3.05, 3.63) is 35.4 Å². The molecule has 0 saturated carbocycles. The van der Waals surface area contributed by atoms with E-state index < -0.39 is 6.04 Å². The van der Waals surface area contributed by atoms with Crippen LogP contribution in [0.3, 0.4) is 0 Å². The van der Waals surface area contributed by atoms with Crippen molar-refractivity contribution in [2.24, 2.45) is 0 Å². The van der Waals surface area contributed by atoms with Gasteiger partial charge in [0.15, 0.2) is 0 Å². The predicted molar refractivity (Wildman–Crippen MR) is 85.7 cm³/mol. The molecule has 2 aliphatic heterocycles. The van der Waals surface area contributed by atoms with Crippen LogP contribution in [0.15, 0.2) is 24.3 Å². The molecule has 2 amide bonds. The van der Waals surface area contributed by atoms with E-state index in [1.54, 1.807) is 23.8 Å². The number of nitrogens with one attached hydrogen (secondary N) is 1. The zero-order valence-corrected chi connectivity index (χ0v) is 13.8. The number of fused-ring (bicyclic) bond motifs is 3. The maximum atomic E-state index is 12.7. The van der Waals surface area contributed by atoms with Crippen LogP contribution in [-0.4, -0.2) is 47.8 Å². The SMILES string of the molecule is COCCNC(=O)[C@H]1N2C(=O)c3ccccc3[C@H]2SC1(C)C. The largest absolute Gasteiger partial charge is 0.383 e. The molecule has 0 bridgehead atoms. The fourth-order valence-electron chi connectivity index (χ4n) is 3.18. The molecule has 0 spiro atoms. The number of thioether (sulfide) groups is 1. The smallest absolute Gasteiger partial charge is 0.256 e. The van der Waals surface area contributed by atoms with Crippen LogP contribution in [0, 0.1) is 0 Å². The number of methoxy groups -OCH3 is 1. The van der Waals surface area contributed by atoms with E-state index in [-0.39, 0.29) is 21.9 Å². The van der Waals surface area contributed by atoms with Crippen LogP contribution >= 0.6 is 11.8 Å². The van der Waals surface area contributed by atoms with Gasteiger partial charge in [-0.2, -0.15) is 0 Å². The predicted octanol–water partition coefficient (Wildman–Crippen LogP) is 1.80. The molecule has 1 saturated heterocycles. The number of hydrogen-bond acceptors (Lipinski definition) is 4. The Bertz CT molecular complexity index is 617. The van der Waals surface area contributed by atoms with Gasteiger partial charge in [0.1, 0.15) is 11.4 Å². The minimum absolute atomic E-state index is 0.0504. The van der Waals surface area contributed by atoms with Gasteiger partial charge in [-0.1, -0.05) is 18.2 Å². The average Bonchev–Trinajstić information content (AvgIpc) is 2.91. The Kier molecular flexibility index (Phi) is 3.91. The molecule has 0 radical (unpaired) electrons. The Morgan fingerprint density at radius 3 is 2.86 bits per heavy atom. The fraction of sp³-hybridized carbons (Fsp3) is 0.500. The Morgan fingerprint density at radius 2 is 2.14 bits per heavy atom. The first-order valence-corrected chi connectivity index (χ1v) is 8.21. The summed E-state index contributed by atoms with van der Waals surface area (Å²) in [6.45, 7) is 4.95. The Labute approximate surface area is 134 Å². The fourth-order valence-corrected chi connectivity index (χ4v) is 4.77. The third-order valence-electron chi connectivity index (χ3n) is 4.15. The zero-order valence-electron chi connectivity index (χ0n) is 13.0. The van der Waals surface area contributed by atoms with Crippen LogP contribution < -0.4 is 5.32 Å². The molecular formula is C16H20N2O3S. The second-order valence-corrected chi connectivity index (χ2v) is 7.79. The van der Waals surface area contributed by atoms with Crippen molar-refractivity contribution < 1.29 is 14.3 Å².